The van der Waals surface area contributed by atoms with Gasteiger partial charge in [0.25, 0.3) is 0 Å². The van der Waals surface area contributed by atoms with E-state index in [1.165, 1.54) is 28.5 Å². The molecule has 3 aromatic rings. The fraction of sp³-hybridized carbons (Fsp3) is 0.294. The van der Waals surface area contributed by atoms with E-state index in [2.05, 4.69) is 64.1 Å². The van der Waals surface area contributed by atoms with Crippen molar-refractivity contribution >= 4 is 22.2 Å². The lowest BCUT2D eigenvalue weighted by Crippen LogP contribution is -2.13. The molecule has 0 aliphatic heterocycles. The zero-order valence-electron chi connectivity index (χ0n) is 11.8. The summed E-state index contributed by atoms with van der Waals surface area (Å²) < 4.78 is 2.33. The third-order valence-corrected chi connectivity index (χ3v) is 4.31. The summed E-state index contributed by atoms with van der Waals surface area (Å²) in [5.41, 5.74) is 4.09. The first-order chi connectivity index (χ1) is 9.88. The van der Waals surface area contributed by atoms with Gasteiger partial charge in [-0.15, -0.1) is 0 Å². The summed E-state index contributed by atoms with van der Waals surface area (Å²) in [4.78, 5) is 0. The molecule has 0 fully saturated rings. The number of nitrogens with zero attached hydrogens (tertiary/aromatic N) is 1. The first-order valence-electron chi connectivity index (χ1n) is 7.17. The highest BCUT2D eigenvalue weighted by molar-refractivity contribution is 7.07. The van der Waals surface area contributed by atoms with Crippen LogP contribution in [0.15, 0.2) is 47.3 Å². The molecule has 3 heteroatoms. The van der Waals surface area contributed by atoms with E-state index < -0.39 is 0 Å². The maximum absolute atomic E-state index is 3.49. The van der Waals surface area contributed by atoms with Gasteiger partial charge in [-0.3, -0.25) is 0 Å². The SMILES string of the molecule is CCCNCc1cccc2c1ccn2Cc1ccsc1. The lowest BCUT2D eigenvalue weighted by Gasteiger charge is -2.07. The molecule has 0 aliphatic rings. The van der Waals surface area contributed by atoms with Gasteiger partial charge in [-0.2, -0.15) is 11.3 Å². The molecule has 2 nitrogen and oxygen atoms in total. The van der Waals surface area contributed by atoms with Gasteiger partial charge in [-0.05, 0) is 53.1 Å². The molecule has 1 N–H and O–H groups in total. The molecule has 0 saturated heterocycles. The molecule has 3 rings (SSSR count). The van der Waals surface area contributed by atoms with Crippen LogP contribution in [0.1, 0.15) is 24.5 Å². The lowest BCUT2D eigenvalue weighted by molar-refractivity contribution is 0.678. The summed E-state index contributed by atoms with van der Waals surface area (Å²) in [6, 6.07) is 11.0. The highest BCUT2D eigenvalue weighted by atomic mass is 32.1. The summed E-state index contributed by atoms with van der Waals surface area (Å²) in [6.45, 7) is 5.18. The summed E-state index contributed by atoms with van der Waals surface area (Å²) >= 11 is 1.76. The highest BCUT2D eigenvalue weighted by Crippen LogP contribution is 2.21. The second-order valence-corrected chi connectivity index (χ2v) is 5.88. The van der Waals surface area contributed by atoms with Crippen LogP contribution in [0.4, 0.5) is 0 Å². The molecule has 2 heterocycles. The number of aromatic nitrogens is 1. The Bertz CT molecular complexity index is 667. The van der Waals surface area contributed by atoms with E-state index in [0.29, 0.717) is 0 Å². The van der Waals surface area contributed by atoms with Crippen molar-refractivity contribution in [3.8, 4) is 0 Å². The van der Waals surface area contributed by atoms with Crippen LogP contribution >= 0.6 is 11.3 Å². The topological polar surface area (TPSA) is 17.0 Å². The number of hydrogen-bond acceptors (Lipinski definition) is 2. The summed E-state index contributed by atoms with van der Waals surface area (Å²) in [5.74, 6) is 0. The monoisotopic (exact) mass is 284 g/mol. The molecule has 0 radical (unpaired) electrons. The molecule has 104 valence electrons. The van der Waals surface area contributed by atoms with E-state index in [4.69, 9.17) is 0 Å². The van der Waals surface area contributed by atoms with Crippen LogP contribution in [0.2, 0.25) is 0 Å². The molecule has 0 atom stereocenters. The first kappa shape index (κ1) is 13.4. The number of nitrogens with one attached hydrogen (secondary N) is 1. The minimum Gasteiger partial charge on any atom is -0.343 e. The van der Waals surface area contributed by atoms with Crippen molar-refractivity contribution in [3.05, 3.63) is 58.4 Å². The first-order valence-corrected chi connectivity index (χ1v) is 8.11. The van der Waals surface area contributed by atoms with Crippen molar-refractivity contribution in [1.82, 2.24) is 9.88 Å². The summed E-state index contributed by atoms with van der Waals surface area (Å²) in [5, 5.41) is 9.22. The Morgan fingerprint density at radius 3 is 2.95 bits per heavy atom. The number of fused-ring (bicyclic) bond motifs is 1. The van der Waals surface area contributed by atoms with E-state index in [1.807, 2.05) is 0 Å². The van der Waals surface area contributed by atoms with Crippen LogP contribution in [-0.2, 0) is 13.1 Å². The Labute approximate surface area is 124 Å². The molecule has 0 saturated carbocycles. The largest absolute Gasteiger partial charge is 0.343 e. The van der Waals surface area contributed by atoms with Gasteiger partial charge in [-0.1, -0.05) is 19.1 Å². The standard InChI is InChI=1S/C17H20N2S/c1-2-8-18-11-15-4-3-5-17-16(15)6-9-19(17)12-14-7-10-20-13-14/h3-7,9-10,13,18H,2,8,11-12H2,1H3. The Hall–Kier alpha value is -1.58. The zero-order chi connectivity index (χ0) is 13.8. The maximum Gasteiger partial charge on any atom is 0.0486 e. The Kier molecular flexibility index (Phi) is 4.19. The van der Waals surface area contributed by atoms with Crippen LogP contribution in [0, 0.1) is 0 Å². The van der Waals surface area contributed by atoms with E-state index in [-0.39, 0.29) is 0 Å². The van der Waals surface area contributed by atoms with Crippen LogP contribution in [0.5, 0.6) is 0 Å². The van der Waals surface area contributed by atoms with Gasteiger partial charge in [0, 0.05) is 30.2 Å². The maximum atomic E-state index is 3.49. The molecule has 0 bridgehead atoms. The third kappa shape index (κ3) is 2.79. The second kappa shape index (κ2) is 6.25. The van der Waals surface area contributed by atoms with Crippen molar-refractivity contribution < 1.29 is 0 Å². The van der Waals surface area contributed by atoms with Gasteiger partial charge in [0.05, 0.1) is 0 Å². The molecular weight excluding hydrogens is 264 g/mol. The number of hydrogen-bond donors (Lipinski definition) is 1. The lowest BCUT2D eigenvalue weighted by atomic mass is 10.1. The van der Waals surface area contributed by atoms with E-state index in [9.17, 15) is 0 Å². The van der Waals surface area contributed by atoms with Crippen LogP contribution in [0.3, 0.4) is 0 Å². The average Bonchev–Trinajstić information content (AvgIpc) is 3.11. The average molecular weight is 284 g/mol. The predicted molar refractivity (Wildman–Crippen MR) is 87.4 cm³/mol. The van der Waals surface area contributed by atoms with Crippen molar-refractivity contribution in [2.24, 2.45) is 0 Å². The molecule has 20 heavy (non-hydrogen) atoms. The van der Waals surface area contributed by atoms with Gasteiger partial charge in [0.2, 0.25) is 0 Å². The molecule has 1 aromatic carbocycles. The molecule has 0 amide bonds. The van der Waals surface area contributed by atoms with E-state index in [1.54, 1.807) is 11.3 Å². The Morgan fingerprint density at radius 2 is 2.15 bits per heavy atom. The van der Waals surface area contributed by atoms with Crippen molar-refractivity contribution in [3.63, 3.8) is 0 Å². The van der Waals surface area contributed by atoms with Crippen LogP contribution < -0.4 is 5.32 Å². The molecular formula is C17H20N2S. The van der Waals surface area contributed by atoms with Crippen LogP contribution in [0.25, 0.3) is 10.9 Å². The predicted octanol–water partition coefficient (Wildman–Crippen LogP) is 4.25. The summed E-state index contributed by atoms with van der Waals surface area (Å²) in [7, 11) is 0. The second-order valence-electron chi connectivity index (χ2n) is 5.10. The van der Waals surface area contributed by atoms with Crippen molar-refractivity contribution in [2.45, 2.75) is 26.4 Å². The molecule has 2 aromatic heterocycles. The molecule has 0 aliphatic carbocycles. The van der Waals surface area contributed by atoms with Gasteiger partial charge in [0.15, 0.2) is 0 Å². The fourth-order valence-corrected chi connectivity index (χ4v) is 3.22. The van der Waals surface area contributed by atoms with Gasteiger partial charge >= 0.3 is 0 Å². The van der Waals surface area contributed by atoms with Gasteiger partial charge < -0.3 is 9.88 Å². The van der Waals surface area contributed by atoms with Crippen LogP contribution in [-0.4, -0.2) is 11.1 Å². The minimum atomic E-state index is 0.952. The smallest absolute Gasteiger partial charge is 0.0486 e. The quantitative estimate of drug-likeness (QED) is 0.670. The Morgan fingerprint density at radius 1 is 1.20 bits per heavy atom. The van der Waals surface area contributed by atoms with E-state index >= 15 is 0 Å². The van der Waals surface area contributed by atoms with Crippen molar-refractivity contribution in [1.29, 1.82) is 0 Å². The Balaban J connectivity index is 1.87. The number of thiophene rings is 1. The van der Waals surface area contributed by atoms with Gasteiger partial charge in [0.1, 0.15) is 0 Å². The van der Waals surface area contributed by atoms with Gasteiger partial charge in [-0.25, -0.2) is 0 Å². The van der Waals surface area contributed by atoms with Crippen molar-refractivity contribution in [2.75, 3.05) is 6.54 Å². The number of rotatable bonds is 6. The highest BCUT2D eigenvalue weighted by Gasteiger charge is 2.06. The molecule has 0 spiro atoms. The van der Waals surface area contributed by atoms with E-state index in [0.717, 1.165) is 19.6 Å². The number of benzene rings is 1. The third-order valence-electron chi connectivity index (χ3n) is 3.58. The minimum absolute atomic E-state index is 0.952. The molecule has 0 unspecified atom stereocenters. The normalized spacial score (nSPS) is 11.2. The fourth-order valence-electron chi connectivity index (χ4n) is 2.56. The zero-order valence-corrected chi connectivity index (χ0v) is 12.6. The summed E-state index contributed by atoms with van der Waals surface area (Å²) in [6.07, 6.45) is 3.38.